The lowest BCUT2D eigenvalue weighted by atomic mass is 10.2. The molecular formula is C12H24N2O2. The largest absolute Gasteiger partial charge is 0.390 e. The number of amides is 1. The summed E-state index contributed by atoms with van der Waals surface area (Å²) in [7, 11) is 0. The van der Waals surface area contributed by atoms with E-state index in [9.17, 15) is 9.90 Å². The van der Waals surface area contributed by atoms with Crippen molar-refractivity contribution in [3.8, 4) is 0 Å². The lowest BCUT2D eigenvalue weighted by Gasteiger charge is -2.23. The van der Waals surface area contributed by atoms with E-state index in [1.807, 2.05) is 4.90 Å². The second kappa shape index (κ2) is 7.63. The molecule has 4 nitrogen and oxygen atoms in total. The number of carbonyl (C=O) groups excluding carboxylic acids is 1. The Morgan fingerprint density at radius 1 is 1.44 bits per heavy atom. The number of nitrogens with zero attached hydrogens (tertiary/aromatic N) is 1. The fourth-order valence-electron chi connectivity index (χ4n) is 2.00. The van der Waals surface area contributed by atoms with E-state index in [2.05, 4.69) is 12.2 Å². The Balaban J connectivity index is 2.24. The summed E-state index contributed by atoms with van der Waals surface area (Å²) in [5.74, 6) is 0.201. The van der Waals surface area contributed by atoms with Crippen LogP contribution in [0.3, 0.4) is 0 Å². The van der Waals surface area contributed by atoms with Gasteiger partial charge in [0, 0.05) is 26.1 Å². The topological polar surface area (TPSA) is 52.6 Å². The first-order valence-electron chi connectivity index (χ1n) is 6.40. The Morgan fingerprint density at radius 3 is 3.00 bits per heavy atom. The first kappa shape index (κ1) is 13.5. The van der Waals surface area contributed by atoms with Crippen molar-refractivity contribution in [3.05, 3.63) is 0 Å². The number of carbonyl (C=O) groups is 1. The summed E-state index contributed by atoms with van der Waals surface area (Å²) in [5.41, 5.74) is 0. The van der Waals surface area contributed by atoms with Crippen molar-refractivity contribution in [3.63, 3.8) is 0 Å². The fraction of sp³-hybridized carbons (Fsp3) is 0.917. The molecule has 0 radical (unpaired) electrons. The van der Waals surface area contributed by atoms with Crippen LogP contribution in [-0.2, 0) is 4.79 Å². The molecule has 0 saturated carbocycles. The predicted molar refractivity (Wildman–Crippen MR) is 64.2 cm³/mol. The summed E-state index contributed by atoms with van der Waals surface area (Å²) >= 11 is 0. The van der Waals surface area contributed by atoms with Crippen LogP contribution in [0.15, 0.2) is 0 Å². The minimum Gasteiger partial charge on any atom is -0.390 e. The minimum absolute atomic E-state index is 0.201. The zero-order valence-corrected chi connectivity index (χ0v) is 10.2. The van der Waals surface area contributed by atoms with Crippen molar-refractivity contribution < 1.29 is 9.90 Å². The summed E-state index contributed by atoms with van der Waals surface area (Å²) in [6.45, 7) is 4.89. The van der Waals surface area contributed by atoms with E-state index in [-0.39, 0.29) is 5.91 Å². The molecule has 0 spiro atoms. The first-order chi connectivity index (χ1) is 7.74. The normalized spacial score (nSPS) is 19.6. The van der Waals surface area contributed by atoms with E-state index in [0.717, 1.165) is 38.8 Å². The number of aliphatic hydroxyl groups excluding tert-OH is 1. The highest BCUT2D eigenvalue weighted by Gasteiger charge is 2.18. The van der Waals surface area contributed by atoms with Gasteiger partial charge in [-0.05, 0) is 25.8 Å². The number of β-amino-alcohol motifs (C(OH)–C–C–N with tert-alkyl or cyclic N) is 1. The zero-order valence-electron chi connectivity index (χ0n) is 10.2. The molecule has 1 amide bonds. The van der Waals surface area contributed by atoms with Crippen LogP contribution in [-0.4, -0.2) is 48.2 Å². The van der Waals surface area contributed by atoms with Crippen molar-refractivity contribution in [1.82, 2.24) is 10.2 Å². The second-order valence-corrected chi connectivity index (χ2v) is 4.51. The van der Waals surface area contributed by atoms with E-state index in [1.165, 1.54) is 0 Å². The van der Waals surface area contributed by atoms with Crippen molar-refractivity contribution in [2.45, 2.75) is 45.1 Å². The lowest BCUT2D eigenvalue weighted by Crippen LogP contribution is -2.41. The third-order valence-electron chi connectivity index (χ3n) is 2.91. The van der Waals surface area contributed by atoms with E-state index in [0.29, 0.717) is 19.5 Å². The monoisotopic (exact) mass is 228 g/mol. The van der Waals surface area contributed by atoms with Gasteiger partial charge in [-0.15, -0.1) is 0 Å². The van der Waals surface area contributed by atoms with Crippen molar-refractivity contribution in [2.75, 3.05) is 26.2 Å². The third kappa shape index (κ3) is 4.94. The molecule has 2 N–H and O–H groups in total. The maximum Gasteiger partial charge on any atom is 0.222 e. The molecule has 1 unspecified atom stereocenters. The van der Waals surface area contributed by atoms with Crippen LogP contribution in [0.1, 0.15) is 39.0 Å². The average molecular weight is 228 g/mol. The lowest BCUT2D eigenvalue weighted by molar-refractivity contribution is -0.132. The Morgan fingerprint density at radius 2 is 2.25 bits per heavy atom. The summed E-state index contributed by atoms with van der Waals surface area (Å²) < 4.78 is 0. The maximum atomic E-state index is 11.7. The molecule has 1 atom stereocenters. The molecule has 0 aromatic rings. The molecule has 94 valence electrons. The van der Waals surface area contributed by atoms with Gasteiger partial charge < -0.3 is 15.3 Å². The van der Waals surface area contributed by atoms with Crippen molar-refractivity contribution in [1.29, 1.82) is 0 Å². The SMILES string of the molecule is CCCNCC(O)CN1CCCCCC1=O. The van der Waals surface area contributed by atoms with Gasteiger partial charge in [0.15, 0.2) is 0 Å². The Hall–Kier alpha value is -0.610. The van der Waals surface area contributed by atoms with E-state index >= 15 is 0 Å². The van der Waals surface area contributed by atoms with Gasteiger partial charge in [-0.25, -0.2) is 0 Å². The number of aliphatic hydroxyl groups is 1. The summed E-state index contributed by atoms with van der Waals surface area (Å²) in [6, 6.07) is 0. The number of hydrogen-bond donors (Lipinski definition) is 2. The van der Waals surface area contributed by atoms with E-state index < -0.39 is 6.10 Å². The number of likely N-dealkylation sites (tertiary alicyclic amines) is 1. The van der Waals surface area contributed by atoms with Crippen LogP contribution in [0.2, 0.25) is 0 Å². The van der Waals surface area contributed by atoms with Crippen LogP contribution >= 0.6 is 0 Å². The molecule has 1 rings (SSSR count). The summed E-state index contributed by atoms with van der Waals surface area (Å²) in [4.78, 5) is 13.5. The highest BCUT2D eigenvalue weighted by Crippen LogP contribution is 2.11. The molecule has 1 aliphatic rings. The molecule has 1 aliphatic heterocycles. The van der Waals surface area contributed by atoms with Gasteiger partial charge in [-0.1, -0.05) is 13.3 Å². The fourth-order valence-corrected chi connectivity index (χ4v) is 2.00. The maximum absolute atomic E-state index is 11.7. The van der Waals surface area contributed by atoms with Crippen LogP contribution < -0.4 is 5.32 Å². The Bertz CT molecular complexity index is 209. The molecule has 4 heteroatoms. The molecule has 0 aromatic heterocycles. The van der Waals surface area contributed by atoms with Crippen LogP contribution in [0, 0.1) is 0 Å². The highest BCUT2D eigenvalue weighted by atomic mass is 16.3. The molecule has 0 aromatic carbocycles. The number of rotatable bonds is 6. The average Bonchev–Trinajstić information content (AvgIpc) is 2.45. The van der Waals surface area contributed by atoms with Crippen molar-refractivity contribution in [2.24, 2.45) is 0 Å². The van der Waals surface area contributed by atoms with Crippen molar-refractivity contribution >= 4 is 5.91 Å². The van der Waals surface area contributed by atoms with Gasteiger partial charge in [0.1, 0.15) is 0 Å². The molecule has 0 bridgehead atoms. The number of nitrogens with one attached hydrogen (secondary N) is 1. The molecule has 0 aliphatic carbocycles. The Kier molecular flexibility index (Phi) is 6.42. The standard InChI is InChI=1S/C12H24N2O2/c1-2-7-13-9-11(15)10-14-8-5-3-4-6-12(14)16/h11,13,15H,2-10H2,1H3. The minimum atomic E-state index is -0.436. The van der Waals surface area contributed by atoms with E-state index in [4.69, 9.17) is 0 Å². The zero-order chi connectivity index (χ0) is 11.8. The van der Waals surface area contributed by atoms with Gasteiger partial charge in [0.2, 0.25) is 5.91 Å². The first-order valence-corrected chi connectivity index (χ1v) is 6.40. The van der Waals surface area contributed by atoms with Gasteiger partial charge in [0.05, 0.1) is 6.10 Å². The van der Waals surface area contributed by atoms with Gasteiger partial charge in [0.25, 0.3) is 0 Å². The highest BCUT2D eigenvalue weighted by molar-refractivity contribution is 5.76. The smallest absolute Gasteiger partial charge is 0.222 e. The quantitative estimate of drug-likeness (QED) is 0.660. The molecule has 1 heterocycles. The van der Waals surface area contributed by atoms with Crippen LogP contribution in [0.5, 0.6) is 0 Å². The molecular weight excluding hydrogens is 204 g/mol. The Labute approximate surface area is 98.0 Å². The van der Waals surface area contributed by atoms with Crippen LogP contribution in [0.25, 0.3) is 0 Å². The van der Waals surface area contributed by atoms with Gasteiger partial charge >= 0.3 is 0 Å². The summed E-state index contributed by atoms with van der Waals surface area (Å²) in [6.07, 6.45) is 4.48. The van der Waals surface area contributed by atoms with Gasteiger partial charge in [-0.2, -0.15) is 0 Å². The third-order valence-corrected chi connectivity index (χ3v) is 2.91. The van der Waals surface area contributed by atoms with E-state index in [1.54, 1.807) is 0 Å². The molecule has 16 heavy (non-hydrogen) atoms. The predicted octanol–water partition coefficient (Wildman–Crippen LogP) is 0.749. The van der Waals surface area contributed by atoms with Crippen LogP contribution in [0.4, 0.5) is 0 Å². The van der Waals surface area contributed by atoms with Gasteiger partial charge in [-0.3, -0.25) is 4.79 Å². The second-order valence-electron chi connectivity index (χ2n) is 4.51. The molecule has 1 saturated heterocycles. The molecule has 1 fully saturated rings. The number of hydrogen-bond acceptors (Lipinski definition) is 3. The summed E-state index contributed by atoms with van der Waals surface area (Å²) in [5, 5.41) is 12.9.